The number of rotatable bonds is 8. The van der Waals surface area contributed by atoms with Crippen LogP contribution in [0.4, 0.5) is 13.2 Å². The van der Waals surface area contributed by atoms with Crippen molar-refractivity contribution in [3.63, 3.8) is 0 Å². The van der Waals surface area contributed by atoms with Crippen molar-refractivity contribution >= 4 is 39.0 Å². The number of hydrogen-bond donors (Lipinski definition) is 0. The first kappa shape index (κ1) is 28.8. The second-order valence-electron chi connectivity index (χ2n) is 8.44. The van der Waals surface area contributed by atoms with Crippen LogP contribution in [-0.4, -0.2) is 41.7 Å². The van der Waals surface area contributed by atoms with E-state index in [1.54, 1.807) is 43.3 Å². The largest absolute Gasteiger partial charge is 0.490 e. The van der Waals surface area contributed by atoms with Gasteiger partial charge in [0.05, 0.1) is 40.9 Å². The third-order valence-electron chi connectivity index (χ3n) is 5.68. The topological polar surface area (TPSA) is 92.0 Å². The number of aromatic nitrogens is 2. The van der Waals surface area contributed by atoms with E-state index in [0.717, 1.165) is 16.8 Å². The molecule has 4 rings (SSSR count). The Labute approximate surface area is 235 Å². The van der Waals surface area contributed by atoms with Gasteiger partial charge >= 0.3 is 12.1 Å². The smallest absolute Gasteiger partial charge is 0.416 e. The molecule has 40 heavy (non-hydrogen) atoms. The maximum atomic E-state index is 13.4. The molecular formula is C28H23BrF3N3O5. The van der Waals surface area contributed by atoms with Crippen molar-refractivity contribution in [1.82, 2.24) is 9.66 Å². The molecular weight excluding hydrogens is 595 g/mol. The van der Waals surface area contributed by atoms with E-state index in [0.29, 0.717) is 15.6 Å². The highest BCUT2D eigenvalue weighted by Crippen LogP contribution is 2.37. The van der Waals surface area contributed by atoms with E-state index in [-0.39, 0.29) is 34.9 Å². The zero-order valence-electron chi connectivity index (χ0n) is 21.5. The van der Waals surface area contributed by atoms with Crippen LogP contribution in [0.5, 0.6) is 11.5 Å². The summed E-state index contributed by atoms with van der Waals surface area (Å²) in [6.07, 6.45) is -4.16. The van der Waals surface area contributed by atoms with E-state index in [1.807, 2.05) is 0 Å². The third-order valence-corrected chi connectivity index (χ3v) is 6.27. The summed E-state index contributed by atoms with van der Waals surface area (Å²) >= 11 is 3.41. The molecule has 0 N–H and O–H groups in total. The standard InChI is InChI=1S/C28H23BrF3N3O5/c1-4-39-23-13-17(12-21(29)24(23)40-16(2)27(37)38-3)15-33-35-25(18-8-7-9-19(14-18)28(30,31)32)34-22-11-6-5-10-20(22)26(35)36/h5-16H,4H2,1-3H3/t16-/m0/s1. The van der Waals surface area contributed by atoms with Crippen LogP contribution >= 0.6 is 15.9 Å². The highest BCUT2D eigenvalue weighted by Gasteiger charge is 2.31. The minimum absolute atomic E-state index is 0.0616. The van der Waals surface area contributed by atoms with Gasteiger partial charge in [-0.05, 0) is 71.7 Å². The number of ether oxygens (including phenoxy) is 3. The van der Waals surface area contributed by atoms with Crippen LogP contribution < -0.4 is 15.0 Å². The number of carbonyl (C=O) groups is 1. The molecule has 1 atom stereocenters. The number of alkyl halides is 3. The van der Waals surface area contributed by atoms with E-state index in [4.69, 9.17) is 14.2 Å². The summed E-state index contributed by atoms with van der Waals surface area (Å²) in [4.78, 5) is 29.7. The Hall–Kier alpha value is -4.19. The van der Waals surface area contributed by atoms with Gasteiger partial charge in [-0.25, -0.2) is 9.78 Å². The summed E-state index contributed by atoms with van der Waals surface area (Å²) < 4.78 is 57.8. The number of halogens is 4. The molecule has 0 spiro atoms. The van der Waals surface area contributed by atoms with Gasteiger partial charge in [0.15, 0.2) is 23.4 Å². The van der Waals surface area contributed by atoms with Gasteiger partial charge < -0.3 is 14.2 Å². The number of nitrogens with zero attached hydrogens (tertiary/aromatic N) is 3. The highest BCUT2D eigenvalue weighted by molar-refractivity contribution is 9.10. The quantitative estimate of drug-likeness (QED) is 0.176. The van der Waals surface area contributed by atoms with Crippen LogP contribution in [0.2, 0.25) is 0 Å². The van der Waals surface area contributed by atoms with Gasteiger partial charge in [-0.3, -0.25) is 4.79 Å². The Bertz CT molecular complexity index is 1650. The lowest BCUT2D eigenvalue weighted by atomic mass is 10.1. The summed E-state index contributed by atoms with van der Waals surface area (Å²) in [7, 11) is 1.25. The average Bonchev–Trinajstić information content (AvgIpc) is 2.93. The average molecular weight is 618 g/mol. The molecule has 3 aromatic carbocycles. The lowest BCUT2D eigenvalue weighted by molar-refractivity contribution is -0.148. The van der Waals surface area contributed by atoms with Crippen LogP contribution in [0, 0.1) is 0 Å². The molecule has 0 fully saturated rings. The molecule has 0 saturated heterocycles. The SMILES string of the molecule is CCOc1cc(C=Nn2c(-c3cccc(C(F)(F)F)c3)nc3ccccc3c2=O)cc(Br)c1O[C@@H](C)C(=O)OC. The molecule has 208 valence electrons. The van der Waals surface area contributed by atoms with Crippen LogP contribution in [0.1, 0.15) is 25.0 Å². The van der Waals surface area contributed by atoms with Gasteiger partial charge in [0, 0.05) is 5.56 Å². The number of fused-ring (bicyclic) bond motifs is 1. The van der Waals surface area contributed by atoms with Gasteiger partial charge in [-0.2, -0.15) is 22.9 Å². The molecule has 0 radical (unpaired) electrons. The lowest BCUT2D eigenvalue weighted by Crippen LogP contribution is -2.25. The van der Waals surface area contributed by atoms with Gasteiger partial charge in [-0.15, -0.1) is 0 Å². The highest BCUT2D eigenvalue weighted by atomic mass is 79.9. The van der Waals surface area contributed by atoms with Crippen molar-refractivity contribution in [3.05, 3.63) is 86.6 Å². The third kappa shape index (κ3) is 6.17. The maximum absolute atomic E-state index is 13.4. The van der Waals surface area contributed by atoms with Crippen LogP contribution in [0.15, 0.2) is 75.0 Å². The fourth-order valence-corrected chi connectivity index (χ4v) is 4.36. The van der Waals surface area contributed by atoms with Crippen molar-refractivity contribution in [2.24, 2.45) is 5.10 Å². The number of carbonyl (C=O) groups excluding carboxylic acids is 1. The molecule has 0 aliphatic rings. The van der Waals surface area contributed by atoms with E-state index in [2.05, 4.69) is 26.0 Å². The zero-order valence-corrected chi connectivity index (χ0v) is 23.1. The van der Waals surface area contributed by atoms with Crippen molar-refractivity contribution in [2.45, 2.75) is 26.1 Å². The molecule has 0 aliphatic carbocycles. The molecule has 8 nitrogen and oxygen atoms in total. The number of hydrogen-bond acceptors (Lipinski definition) is 7. The molecule has 0 amide bonds. The second kappa shape index (κ2) is 11.9. The van der Waals surface area contributed by atoms with Crippen LogP contribution in [0.25, 0.3) is 22.3 Å². The first-order chi connectivity index (χ1) is 19.0. The molecule has 12 heteroatoms. The van der Waals surface area contributed by atoms with Crippen LogP contribution in [0.3, 0.4) is 0 Å². The first-order valence-corrected chi connectivity index (χ1v) is 12.8. The summed E-state index contributed by atoms with van der Waals surface area (Å²) in [6.45, 7) is 3.57. The number of benzene rings is 3. The summed E-state index contributed by atoms with van der Waals surface area (Å²) in [5.41, 5.74) is -0.612. The molecule has 4 aromatic rings. The lowest BCUT2D eigenvalue weighted by Gasteiger charge is -2.18. The zero-order chi connectivity index (χ0) is 29.0. The summed E-state index contributed by atoms with van der Waals surface area (Å²) in [6, 6.07) is 14.2. The first-order valence-electron chi connectivity index (χ1n) is 12.0. The Kier molecular flexibility index (Phi) is 8.58. The van der Waals surface area contributed by atoms with Gasteiger partial charge in [0.2, 0.25) is 0 Å². The van der Waals surface area contributed by atoms with Gasteiger partial charge in [-0.1, -0.05) is 24.3 Å². The Balaban J connectivity index is 1.84. The monoisotopic (exact) mass is 617 g/mol. The second-order valence-corrected chi connectivity index (χ2v) is 9.29. The Morgan fingerprint density at radius 1 is 1.15 bits per heavy atom. The molecule has 0 saturated carbocycles. The normalized spacial score (nSPS) is 12.5. The van der Waals surface area contributed by atoms with Crippen molar-refractivity contribution in [2.75, 3.05) is 13.7 Å². The Morgan fingerprint density at radius 2 is 1.90 bits per heavy atom. The minimum atomic E-state index is -4.58. The molecule has 0 bridgehead atoms. The molecule has 0 unspecified atom stereocenters. The summed E-state index contributed by atoms with van der Waals surface area (Å²) in [5, 5.41) is 4.56. The van der Waals surface area contributed by atoms with Crippen molar-refractivity contribution < 1.29 is 32.2 Å². The van der Waals surface area contributed by atoms with Crippen molar-refractivity contribution in [1.29, 1.82) is 0 Å². The van der Waals surface area contributed by atoms with E-state index in [9.17, 15) is 22.8 Å². The fraction of sp³-hybridized carbons (Fsp3) is 0.214. The molecule has 1 heterocycles. The maximum Gasteiger partial charge on any atom is 0.416 e. The predicted molar refractivity (Wildman–Crippen MR) is 147 cm³/mol. The number of para-hydroxylation sites is 1. The molecule has 1 aromatic heterocycles. The Morgan fingerprint density at radius 3 is 2.60 bits per heavy atom. The predicted octanol–water partition coefficient (Wildman–Crippen LogP) is 6.07. The summed E-state index contributed by atoms with van der Waals surface area (Å²) in [5.74, 6) is -0.102. The van der Waals surface area contributed by atoms with Crippen molar-refractivity contribution in [3.8, 4) is 22.9 Å². The van der Waals surface area contributed by atoms with E-state index < -0.39 is 29.4 Å². The van der Waals surface area contributed by atoms with Gasteiger partial charge in [0.1, 0.15) is 0 Å². The van der Waals surface area contributed by atoms with E-state index >= 15 is 0 Å². The number of methoxy groups -OCH3 is 1. The fourth-order valence-electron chi connectivity index (χ4n) is 3.81. The minimum Gasteiger partial charge on any atom is -0.490 e. The van der Waals surface area contributed by atoms with Gasteiger partial charge in [0.25, 0.3) is 5.56 Å². The van der Waals surface area contributed by atoms with E-state index in [1.165, 1.54) is 32.4 Å². The molecule has 0 aliphatic heterocycles. The number of esters is 1. The van der Waals surface area contributed by atoms with Crippen LogP contribution in [-0.2, 0) is 15.7 Å².